The molecule has 1 N–H and O–H groups in total. The third kappa shape index (κ3) is 6.77. The molecule has 10 heteroatoms. The maximum atomic E-state index is 13.9. The molecule has 1 aliphatic carbocycles. The number of aromatic nitrogens is 1. The van der Waals surface area contributed by atoms with Gasteiger partial charge < -0.3 is 19.7 Å². The van der Waals surface area contributed by atoms with E-state index < -0.39 is 6.04 Å². The van der Waals surface area contributed by atoms with Crippen molar-refractivity contribution in [1.82, 2.24) is 15.2 Å². The van der Waals surface area contributed by atoms with Crippen molar-refractivity contribution in [3.8, 4) is 11.6 Å². The van der Waals surface area contributed by atoms with E-state index in [4.69, 9.17) is 32.7 Å². The van der Waals surface area contributed by atoms with Crippen molar-refractivity contribution in [2.75, 3.05) is 31.2 Å². The van der Waals surface area contributed by atoms with Gasteiger partial charge in [0.2, 0.25) is 17.7 Å². The third-order valence-electron chi connectivity index (χ3n) is 7.53. The molecule has 1 atom stereocenters. The fourth-order valence-corrected chi connectivity index (χ4v) is 5.74. The van der Waals surface area contributed by atoms with Gasteiger partial charge in [-0.25, -0.2) is 4.98 Å². The zero-order chi connectivity index (χ0) is 29.1. The van der Waals surface area contributed by atoms with E-state index in [-0.39, 0.29) is 37.6 Å². The number of pyridine rings is 1. The van der Waals surface area contributed by atoms with Crippen LogP contribution in [0.3, 0.4) is 0 Å². The molecule has 2 amide bonds. The second kappa shape index (κ2) is 12.7. The van der Waals surface area contributed by atoms with E-state index in [9.17, 15) is 9.59 Å². The lowest BCUT2D eigenvalue weighted by Crippen LogP contribution is -2.61. The van der Waals surface area contributed by atoms with Crippen LogP contribution >= 0.6 is 23.2 Å². The summed E-state index contributed by atoms with van der Waals surface area (Å²) < 4.78 is 11.4. The maximum Gasteiger partial charge on any atom is 0.247 e. The molecule has 5 rings (SSSR count). The number of aryl methyl sites for hydroxylation is 2. The highest BCUT2D eigenvalue weighted by Crippen LogP contribution is 2.34. The molecule has 1 aromatic heterocycles. The number of nitrogens with zero attached hydrogens (tertiary/aromatic N) is 3. The van der Waals surface area contributed by atoms with E-state index in [1.807, 2.05) is 17.9 Å². The van der Waals surface area contributed by atoms with E-state index in [1.165, 1.54) is 11.1 Å². The summed E-state index contributed by atoms with van der Waals surface area (Å²) in [5.41, 5.74) is 5.02. The molecule has 41 heavy (non-hydrogen) atoms. The summed E-state index contributed by atoms with van der Waals surface area (Å²) in [6.45, 7) is 7.57. The summed E-state index contributed by atoms with van der Waals surface area (Å²) in [4.78, 5) is 34.9. The van der Waals surface area contributed by atoms with Crippen molar-refractivity contribution in [3.63, 3.8) is 0 Å². The number of carbonyl (C=O) groups is 2. The van der Waals surface area contributed by atoms with Gasteiger partial charge in [-0.05, 0) is 74.1 Å². The molecule has 2 aliphatic rings. The Labute approximate surface area is 250 Å². The van der Waals surface area contributed by atoms with Crippen molar-refractivity contribution in [2.45, 2.75) is 52.2 Å². The second-order valence-corrected chi connectivity index (χ2v) is 11.4. The second-order valence-electron chi connectivity index (χ2n) is 10.6. The van der Waals surface area contributed by atoms with Crippen LogP contribution in [0.15, 0.2) is 48.7 Å². The lowest BCUT2D eigenvalue weighted by atomic mass is 10.0. The SMILES string of the molecule is Cc1cc(Cl)c(OCCOc2ccc(N3C(=O)CNC[C@@H]3C(=O)N(Cc3cccc(C)c3C)C3CC3)cn2)c(Cl)c1. The molecule has 0 spiro atoms. The van der Waals surface area contributed by atoms with Gasteiger partial charge in [0.05, 0.1) is 28.5 Å². The Morgan fingerprint density at radius 1 is 1.07 bits per heavy atom. The number of piperazine rings is 1. The molecule has 8 nitrogen and oxygen atoms in total. The topological polar surface area (TPSA) is 84.0 Å². The molecule has 216 valence electrons. The van der Waals surface area contributed by atoms with Gasteiger partial charge >= 0.3 is 0 Å². The maximum absolute atomic E-state index is 13.9. The van der Waals surface area contributed by atoms with Crippen molar-refractivity contribution >= 4 is 40.7 Å². The van der Waals surface area contributed by atoms with Gasteiger partial charge in [0.1, 0.15) is 19.3 Å². The first-order chi connectivity index (χ1) is 19.7. The van der Waals surface area contributed by atoms with Crippen LogP contribution in [0.4, 0.5) is 5.69 Å². The number of nitrogens with one attached hydrogen (secondary N) is 1. The zero-order valence-electron chi connectivity index (χ0n) is 23.5. The predicted molar refractivity (Wildman–Crippen MR) is 160 cm³/mol. The Morgan fingerprint density at radius 2 is 1.80 bits per heavy atom. The zero-order valence-corrected chi connectivity index (χ0v) is 25.0. The number of ether oxygens (including phenoxy) is 2. The minimum Gasteiger partial charge on any atom is -0.487 e. The van der Waals surface area contributed by atoms with Gasteiger partial charge in [-0.1, -0.05) is 41.4 Å². The molecule has 2 aromatic carbocycles. The summed E-state index contributed by atoms with van der Waals surface area (Å²) >= 11 is 12.5. The highest BCUT2D eigenvalue weighted by Gasteiger charge is 2.41. The van der Waals surface area contributed by atoms with Gasteiger partial charge in [0, 0.05) is 25.2 Å². The fourth-order valence-electron chi connectivity index (χ4n) is 5.03. The number of anilines is 1. The summed E-state index contributed by atoms with van der Waals surface area (Å²) in [6.07, 6.45) is 3.52. The quantitative estimate of drug-likeness (QED) is 0.321. The van der Waals surface area contributed by atoms with Crippen LogP contribution in [0.5, 0.6) is 11.6 Å². The van der Waals surface area contributed by atoms with E-state index in [0.717, 1.165) is 24.0 Å². The van der Waals surface area contributed by atoms with Gasteiger partial charge in [-0.3, -0.25) is 14.5 Å². The molecule has 0 bridgehead atoms. The Hall–Kier alpha value is -3.33. The third-order valence-corrected chi connectivity index (χ3v) is 8.09. The molecule has 2 fully saturated rings. The molecule has 0 radical (unpaired) electrons. The summed E-state index contributed by atoms with van der Waals surface area (Å²) in [5, 5.41) is 4.00. The number of carbonyl (C=O) groups excluding carboxylic acids is 2. The molecule has 1 aliphatic heterocycles. The average Bonchev–Trinajstić information content (AvgIpc) is 3.78. The summed E-state index contributed by atoms with van der Waals surface area (Å²) in [7, 11) is 0. The number of hydrogen-bond donors (Lipinski definition) is 1. The first-order valence-corrected chi connectivity index (χ1v) is 14.5. The summed E-state index contributed by atoms with van der Waals surface area (Å²) in [6, 6.07) is 12.7. The Bertz CT molecular complexity index is 1410. The van der Waals surface area contributed by atoms with Crippen molar-refractivity contribution in [2.24, 2.45) is 0 Å². The van der Waals surface area contributed by atoms with Crippen LogP contribution in [0, 0.1) is 20.8 Å². The minimum absolute atomic E-state index is 0.0557. The van der Waals surface area contributed by atoms with Crippen molar-refractivity contribution < 1.29 is 19.1 Å². The van der Waals surface area contributed by atoms with E-state index in [2.05, 4.69) is 36.3 Å². The highest BCUT2D eigenvalue weighted by atomic mass is 35.5. The van der Waals surface area contributed by atoms with E-state index >= 15 is 0 Å². The largest absolute Gasteiger partial charge is 0.487 e. The van der Waals surface area contributed by atoms with Crippen molar-refractivity contribution in [3.05, 3.63) is 81.0 Å². The first kappa shape index (κ1) is 29.2. The first-order valence-electron chi connectivity index (χ1n) is 13.8. The van der Waals surface area contributed by atoms with Crippen LogP contribution in [0.25, 0.3) is 0 Å². The van der Waals surface area contributed by atoms with E-state index in [0.29, 0.717) is 40.5 Å². The van der Waals surface area contributed by atoms with Crippen LogP contribution in [-0.4, -0.2) is 60.1 Å². The monoisotopic (exact) mass is 596 g/mol. The molecular weight excluding hydrogens is 563 g/mol. The Kier molecular flexibility index (Phi) is 9.02. The van der Waals surface area contributed by atoms with Crippen LogP contribution < -0.4 is 19.7 Å². The van der Waals surface area contributed by atoms with Gasteiger partial charge in [-0.15, -0.1) is 0 Å². The molecule has 2 heterocycles. The van der Waals surface area contributed by atoms with Crippen LogP contribution in [-0.2, 0) is 16.1 Å². The Morgan fingerprint density at radius 3 is 2.49 bits per heavy atom. The number of amides is 2. The number of rotatable bonds is 10. The van der Waals surface area contributed by atoms with Gasteiger partial charge in [0.15, 0.2) is 5.75 Å². The smallest absolute Gasteiger partial charge is 0.247 e. The van der Waals surface area contributed by atoms with Crippen LogP contribution in [0.2, 0.25) is 10.0 Å². The standard InChI is InChI=1S/C31H34Cl2N4O4/c1-19-13-25(32)30(26(33)14-19)41-12-11-40-28-10-9-24(15-35-28)37-27(16-34-17-29(37)38)31(39)36(23-7-8-23)18-22-6-4-5-20(2)21(22)3/h4-6,9-10,13-15,23,27,34H,7-8,11-12,16-18H2,1-3H3/t27-/m1/s1. The molecule has 3 aromatic rings. The Balaban J connectivity index is 1.25. The molecule has 1 saturated carbocycles. The molecular formula is C31H34Cl2N4O4. The predicted octanol–water partition coefficient (Wildman–Crippen LogP) is 5.27. The molecule has 0 unspecified atom stereocenters. The fraction of sp³-hybridized carbons (Fsp3) is 0.387. The highest BCUT2D eigenvalue weighted by molar-refractivity contribution is 6.37. The number of benzene rings is 2. The number of halogens is 2. The van der Waals surface area contributed by atoms with Crippen LogP contribution in [0.1, 0.15) is 35.1 Å². The minimum atomic E-state index is -0.659. The average molecular weight is 598 g/mol. The lowest BCUT2D eigenvalue weighted by molar-refractivity contribution is -0.136. The van der Waals surface area contributed by atoms with E-state index in [1.54, 1.807) is 35.4 Å². The summed E-state index contributed by atoms with van der Waals surface area (Å²) in [5.74, 6) is 0.558. The lowest BCUT2D eigenvalue weighted by Gasteiger charge is -2.38. The number of hydrogen-bond acceptors (Lipinski definition) is 6. The van der Waals surface area contributed by atoms with Gasteiger partial charge in [0.25, 0.3) is 0 Å². The van der Waals surface area contributed by atoms with Crippen molar-refractivity contribution in [1.29, 1.82) is 0 Å². The normalized spacial score (nSPS) is 17.0. The van der Waals surface area contributed by atoms with Gasteiger partial charge in [-0.2, -0.15) is 0 Å². The molecule has 1 saturated heterocycles.